The fraction of sp³-hybridized carbons (Fsp3) is 0.385. The van der Waals surface area contributed by atoms with Gasteiger partial charge in [0.1, 0.15) is 0 Å². The smallest absolute Gasteiger partial charge is 0.316 e. The number of anilines is 1. The Bertz CT molecular complexity index is 509. The van der Waals surface area contributed by atoms with Crippen molar-refractivity contribution in [3.63, 3.8) is 0 Å². The van der Waals surface area contributed by atoms with E-state index < -0.39 is 19.0 Å². The predicted molar refractivity (Wildman–Crippen MR) is 65.9 cm³/mol. The number of alkyl halides is 2. The number of nitrogens with one attached hydrogen (secondary N) is 1. The summed E-state index contributed by atoms with van der Waals surface area (Å²) in [7, 11) is 0. The number of hydrogen-bond donors (Lipinski definition) is 1. The quantitative estimate of drug-likeness (QED) is 0.910. The molecule has 0 atom stereocenters. The summed E-state index contributed by atoms with van der Waals surface area (Å²) in [5.74, 6) is 0. The maximum atomic E-state index is 12.4. The highest BCUT2D eigenvalue weighted by Gasteiger charge is 2.34. The molecule has 2 rings (SSSR count). The summed E-state index contributed by atoms with van der Waals surface area (Å²) in [6.07, 6.45) is -1.02. The molecule has 1 aromatic rings. The Morgan fingerprint density at radius 3 is 2.84 bits per heavy atom. The van der Waals surface area contributed by atoms with E-state index in [4.69, 9.17) is 5.26 Å². The van der Waals surface area contributed by atoms with Crippen LogP contribution in [-0.2, 0) is 0 Å². The highest BCUT2D eigenvalue weighted by atomic mass is 19.3. The first kappa shape index (κ1) is 13.3. The number of carbonyl (C=O) groups is 1. The van der Waals surface area contributed by atoms with E-state index in [1.165, 1.54) is 6.07 Å². The second-order valence-electron chi connectivity index (χ2n) is 4.40. The maximum Gasteiger partial charge on any atom is 0.322 e. The zero-order valence-corrected chi connectivity index (χ0v) is 10.1. The molecule has 0 heterocycles. The highest BCUT2D eigenvalue weighted by molar-refractivity contribution is 5.90. The minimum atomic E-state index is -2.54. The minimum absolute atomic E-state index is 0.0897. The van der Waals surface area contributed by atoms with E-state index in [9.17, 15) is 13.6 Å². The van der Waals surface area contributed by atoms with Gasteiger partial charge in [-0.3, -0.25) is 0 Å². The van der Waals surface area contributed by atoms with Gasteiger partial charge in [0.25, 0.3) is 6.43 Å². The van der Waals surface area contributed by atoms with Crippen molar-refractivity contribution >= 4 is 11.7 Å². The van der Waals surface area contributed by atoms with Crippen LogP contribution in [0.15, 0.2) is 24.3 Å². The third-order valence-electron chi connectivity index (χ3n) is 2.83. The molecule has 0 saturated heterocycles. The fourth-order valence-corrected chi connectivity index (χ4v) is 1.79. The molecule has 1 saturated carbocycles. The Kier molecular flexibility index (Phi) is 3.95. The van der Waals surface area contributed by atoms with Gasteiger partial charge >= 0.3 is 6.03 Å². The van der Waals surface area contributed by atoms with Crippen LogP contribution in [0.2, 0.25) is 0 Å². The van der Waals surface area contributed by atoms with Crippen molar-refractivity contribution in [2.24, 2.45) is 0 Å². The third kappa shape index (κ3) is 3.65. The van der Waals surface area contributed by atoms with Crippen molar-refractivity contribution in [1.29, 1.82) is 5.26 Å². The summed E-state index contributed by atoms with van der Waals surface area (Å²) in [5.41, 5.74) is 0.841. The summed E-state index contributed by atoms with van der Waals surface area (Å²) in [6.45, 7) is -0.561. The number of benzene rings is 1. The molecule has 1 aliphatic rings. The number of halogens is 2. The van der Waals surface area contributed by atoms with Crippen LogP contribution in [0.1, 0.15) is 18.4 Å². The second kappa shape index (κ2) is 5.65. The number of urea groups is 1. The SMILES string of the molecule is N#Cc1cccc(NC(=O)N(CC(F)F)C2CC2)c1. The molecule has 0 radical (unpaired) electrons. The van der Waals surface area contributed by atoms with Crippen LogP contribution in [0.5, 0.6) is 0 Å². The van der Waals surface area contributed by atoms with E-state index in [2.05, 4.69) is 5.32 Å². The van der Waals surface area contributed by atoms with Crippen molar-refractivity contribution in [2.75, 3.05) is 11.9 Å². The van der Waals surface area contributed by atoms with E-state index in [0.717, 1.165) is 17.7 Å². The first-order chi connectivity index (χ1) is 9.10. The van der Waals surface area contributed by atoms with Crippen molar-refractivity contribution in [2.45, 2.75) is 25.3 Å². The van der Waals surface area contributed by atoms with Gasteiger partial charge in [-0.25, -0.2) is 13.6 Å². The lowest BCUT2D eigenvalue weighted by Gasteiger charge is -2.22. The van der Waals surface area contributed by atoms with Crippen LogP contribution in [-0.4, -0.2) is 29.9 Å². The molecule has 100 valence electrons. The molecule has 4 nitrogen and oxygen atoms in total. The Morgan fingerprint density at radius 2 is 2.26 bits per heavy atom. The second-order valence-corrected chi connectivity index (χ2v) is 4.40. The Hall–Kier alpha value is -2.16. The molecule has 0 unspecified atom stereocenters. The summed E-state index contributed by atoms with van der Waals surface area (Å²) in [5, 5.41) is 11.3. The van der Waals surface area contributed by atoms with Crippen molar-refractivity contribution in [3.05, 3.63) is 29.8 Å². The first-order valence-corrected chi connectivity index (χ1v) is 5.96. The zero-order valence-electron chi connectivity index (χ0n) is 10.1. The summed E-state index contributed by atoms with van der Waals surface area (Å²) < 4.78 is 24.9. The van der Waals surface area contributed by atoms with Gasteiger partial charge in [0, 0.05) is 11.7 Å². The predicted octanol–water partition coefficient (Wildman–Crippen LogP) is 2.82. The Labute approximate surface area is 109 Å². The zero-order chi connectivity index (χ0) is 13.8. The van der Waals surface area contributed by atoms with Gasteiger partial charge in [-0.1, -0.05) is 6.07 Å². The third-order valence-corrected chi connectivity index (χ3v) is 2.83. The van der Waals surface area contributed by atoms with Gasteiger partial charge in [0.2, 0.25) is 0 Å². The summed E-state index contributed by atoms with van der Waals surface area (Å²) >= 11 is 0. The molecule has 0 bridgehead atoms. The molecule has 6 heteroatoms. The Balaban J connectivity index is 2.04. The lowest BCUT2D eigenvalue weighted by Crippen LogP contribution is -2.39. The van der Waals surface area contributed by atoms with Crippen LogP contribution in [0.25, 0.3) is 0 Å². The standard InChI is InChI=1S/C13H13F2N3O/c14-12(15)8-18(11-4-5-11)13(19)17-10-3-1-2-9(6-10)7-16/h1-3,6,11-12H,4-5,8H2,(H,17,19). The van der Waals surface area contributed by atoms with E-state index in [1.54, 1.807) is 18.2 Å². The maximum absolute atomic E-state index is 12.4. The van der Waals surface area contributed by atoms with Crippen LogP contribution in [0, 0.1) is 11.3 Å². The van der Waals surface area contributed by atoms with Crippen LogP contribution in [0.4, 0.5) is 19.3 Å². The molecule has 0 spiro atoms. The normalized spacial score (nSPS) is 14.0. The molecule has 2 amide bonds. The van der Waals surface area contributed by atoms with Gasteiger partial charge in [0.15, 0.2) is 0 Å². The molecule has 1 aromatic carbocycles. The molecular weight excluding hydrogens is 252 g/mol. The van der Waals surface area contributed by atoms with Crippen molar-refractivity contribution in [1.82, 2.24) is 4.90 Å². The van der Waals surface area contributed by atoms with E-state index in [-0.39, 0.29) is 6.04 Å². The monoisotopic (exact) mass is 265 g/mol. The van der Waals surface area contributed by atoms with Crippen LogP contribution in [0.3, 0.4) is 0 Å². The molecule has 1 N–H and O–H groups in total. The van der Waals surface area contributed by atoms with Gasteiger partial charge in [-0.15, -0.1) is 0 Å². The number of hydrogen-bond acceptors (Lipinski definition) is 2. The number of carbonyl (C=O) groups excluding carboxylic acids is 1. The lowest BCUT2D eigenvalue weighted by atomic mass is 10.2. The fourth-order valence-electron chi connectivity index (χ4n) is 1.79. The van der Waals surface area contributed by atoms with Gasteiger partial charge in [0.05, 0.1) is 18.2 Å². The van der Waals surface area contributed by atoms with E-state index in [1.807, 2.05) is 6.07 Å². The summed E-state index contributed by atoms with van der Waals surface area (Å²) in [4.78, 5) is 13.1. The first-order valence-electron chi connectivity index (χ1n) is 5.96. The number of nitriles is 1. The lowest BCUT2D eigenvalue weighted by molar-refractivity contribution is 0.0994. The topological polar surface area (TPSA) is 56.1 Å². The number of nitrogens with zero attached hydrogens (tertiary/aromatic N) is 2. The molecule has 19 heavy (non-hydrogen) atoms. The largest absolute Gasteiger partial charge is 0.322 e. The number of amides is 2. The molecular formula is C13H13F2N3O. The molecule has 0 aliphatic heterocycles. The van der Waals surface area contributed by atoms with Crippen LogP contribution >= 0.6 is 0 Å². The van der Waals surface area contributed by atoms with Gasteiger partial charge in [-0.2, -0.15) is 5.26 Å². The Morgan fingerprint density at radius 1 is 1.53 bits per heavy atom. The van der Waals surface area contributed by atoms with E-state index >= 15 is 0 Å². The van der Waals surface area contributed by atoms with Crippen LogP contribution < -0.4 is 5.32 Å². The van der Waals surface area contributed by atoms with Crippen molar-refractivity contribution in [3.8, 4) is 6.07 Å². The molecule has 1 aliphatic carbocycles. The van der Waals surface area contributed by atoms with Crippen molar-refractivity contribution < 1.29 is 13.6 Å². The number of rotatable bonds is 4. The van der Waals surface area contributed by atoms with E-state index in [0.29, 0.717) is 11.3 Å². The summed E-state index contributed by atoms with van der Waals surface area (Å²) in [6, 6.07) is 7.67. The highest BCUT2D eigenvalue weighted by Crippen LogP contribution is 2.28. The minimum Gasteiger partial charge on any atom is -0.316 e. The van der Waals surface area contributed by atoms with Gasteiger partial charge in [-0.05, 0) is 31.0 Å². The average Bonchev–Trinajstić information content (AvgIpc) is 3.20. The van der Waals surface area contributed by atoms with Gasteiger partial charge < -0.3 is 10.2 Å². The molecule has 0 aromatic heterocycles. The average molecular weight is 265 g/mol. The molecule has 1 fully saturated rings.